The van der Waals surface area contributed by atoms with Gasteiger partial charge >= 0.3 is 0 Å². The summed E-state index contributed by atoms with van der Waals surface area (Å²) in [6, 6.07) is 18.1. The van der Waals surface area contributed by atoms with E-state index in [1.165, 1.54) is 28.7 Å². The highest BCUT2D eigenvalue weighted by molar-refractivity contribution is 8.02. The number of nitrogens with zero attached hydrogens (tertiary/aromatic N) is 3. The van der Waals surface area contributed by atoms with Gasteiger partial charge in [0.2, 0.25) is 11.0 Å². The number of aryl methyl sites for hydroxylation is 1. The molecule has 1 unspecified atom stereocenters. The van der Waals surface area contributed by atoms with Gasteiger partial charge in [-0.3, -0.25) is 4.79 Å². The zero-order chi connectivity index (χ0) is 19.2. The summed E-state index contributed by atoms with van der Waals surface area (Å²) in [4.78, 5) is 14.4. The summed E-state index contributed by atoms with van der Waals surface area (Å²) >= 11 is 2.89. The number of carbonyl (C=O) groups excluding carboxylic acids is 1. The summed E-state index contributed by atoms with van der Waals surface area (Å²) in [5.41, 5.74) is 3.30. The topological polar surface area (TPSA) is 58.1 Å². The Hall–Kier alpha value is -2.38. The molecule has 0 saturated carbocycles. The van der Waals surface area contributed by atoms with Gasteiger partial charge in [0, 0.05) is 19.3 Å². The highest BCUT2D eigenvalue weighted by atomic mass is 32.2. The number of nitrogens with one attached hydrogen (secondary N) is 1. The first-order valence-electron chi connectivity index (χ1n) is 8.64. The average molecular weight is 399 g/mol. The number of aromatic nitrogens is 2. The van der Waals surface area contributed by atoms with E-state index in [1.54, 1.807) is 4.90 Å². The molecule has 0 aliphatic heterocycles. The van der Waals surface area contributed by atoms with Gasteiger partial charge in [0.15, 0.2) is 4.34 Å². The molecule has 1 aromatic heterocycles. The van der Waals surface area contributed by atoms with Crippen molar-refractivity contribution in [3.05, 3.63) is 65.7 Å². The second-order valence-electron chi connectivity index (χ2n) is 6.30. The maximum Gasteiger partial charge on any atom is 0.235 e. The molecule has 0 fully saturated rings. The highest BCUT2D eigenvalue weighted by Gasteiger charge is 2.20. The molecule has 0 radical (unpaired) electrons. The number of amides is 1. The minimum absolute atomic E-state index is 0.0760. The monoisotopic (exact) mass is 398 g/mol. The molecule has 0 aliphatic rings. The zero-order valence-corrected chi connectivity index (χ0v) is 17.2. The Balaban J connectivity index is 1.55. The van der Waals surface area contributed by atoms with Crippen molar-refractivity contribution >= 4 is 39.8 Å². The van der Waals surface area contributed by atoms with E-state index in [0.717, 1.165) is 20.7 Å². The molecular weight excluding hydrogens is 376 g/mol. The second-order valence-corrected chi connectivity index (χ2v) is 8.87. The largest absolute Gasteiger partial charge is 0.340 e. The van der Waals surface area contributed by atoms with Crippen molar-refractivity contribution in [2.24, 2.45) is 0 Å². The van der Waals surface area contributed by atoms with E-state index in [2.05, 4.69) is 22.4 Å². The molecule has 27 heavy (non-hydrogen) atoms. The number of benzene rings is 2. The third-order valence-electron chi connectivity index (χ3n) is 3.97. The van der Waals surface area contributed by atoms with Gasteiger partial charge in [-0.2, -0.15) is 0 Å². The maximum absolute atomic E-state index is 12.6. The van der Waals surface area contributed by atoms with Gasteiger partial charge in [-0.1, -0.05) is 71.1 Å². The van der Waals surface area contributed by atoms with E-state index in [9.17, 15) is 4.79 Å². The quantitative estimate of drug-likeness (QED) is 0.583. The lowest BCUT2D eigenvalue weighted by Crippen LogP contribution is -2.32. The Labute approximate surface area is 167 Å². The first-order valence-corrected chi connectivity index (χ1v) is 10.3. The maximum atomic E-state index is 12.6. The summed E-state index contributed by atoms with van der Waals surface area (Å²) < 4.78 is 0.776. The SMILES string of the molecule is Cc1ccc(Nc2nnc(SC(C)C(=O)N(C)Cc3ccccc3)s2)cc1. The fourth-order valence-corrected chi connectivity index (χ4v) is 4.55. The molecule has 0 spiro atoms. The van der Waals surface area contributed by atoms with Crippen molar-refractivity contribution in [2.45, 2.75) is 30.0 Å². The van der Waals surface area contributed by atoms with Gasteiger partial charge in [0.05, 0.1) is 5.25 Å². The molecule has 0 saturated heterocycles. The number of hydrogen-bond acceptors (Lipinski definition) is 6. The number of rotatable bonds is 7. The molecule has 1 N–H and O–H groups in total. The predicted octanol–water partition coefficient (Wildman–Crippen LogP) is 4.73. The van der Waals surface area contributed by atoms with Crippen LogP contribution in [0.15, 0.2) is 58.9 Å². The first kappa shape index (κ1) is 19.4. The van der Waals surface area contributed by atoms with Crippen LogP contribution in [0.5, 0.6) is 0 Å². The number of hydrogen-bond donors (Lipinski definition) is 1. The molecule has 140 valence electrons. The molecule has 0 bridgehead atoms. The van der Waals surface area contributed by atoms with Gasteiger partial charge in [0.1, 0.15) is 0 Å². The van der Waals surface area contributed by atoms with Crippen LogP contribution in [0.4, 0.5) is 10.8 Å². The average Bonchev–Trinajstić information content (AvgIpc) is 3.10. The van der Waals surface area contributed by atoms with E-state index in [-0.39, 0.29) is 11.2 Å². The Kier molecular flexibility index (Phi) is 6.47. The number of carbonyl (C=O) groups is 1. The Morgan fingerprint density at radius 2 is 1.85 bits per heavy atom. The van der Waals surface area contributed by atoms with Gasteiger partial charge in [-0.25, -0.2) is 0 Å². The van der Waals surface area contributed by atoms with Gasteiger partial charge in [-0.15, -0.1) is 10.2 Å². The van der Waals surface area contributed by atoms with Crippen LogP contribution in [-0.2, 0) is 11.3 Å². The predicted molar refractivity (Wildman–Crippen MR) is 113 cm³/mol. The Morgan fingerprint density at radius 1 is 1.15 bits per heavy atom. The standard InChI is InChI=1S/C20H22N4OS2/c1-14-9-11-17(12-10-14)21-19-22-23-20(27-19)26-15(2)18(25)24(3)13-16-7-5-4-6-8-16/h4-12,15H,13H2,1-3H3,(H,21,22). The summed E-state index contributed by atoms with van der Waals surface area (Å²) in [5, 5.41) is 12.1. The smallest absolute Gasteiger partial charge is 0.235 e. The van der Waals surface area contributed by atoms with Crippen LogP contribution in [-0.4, -0.2) is 33.3 Å². The van der Waals surface area contributed by atoms with Crippen molar-refractivity contribution in [3.63, 3.8) is 0 Å². The second kappa shape index (κ2) is 9.01. The van der Waals surface area contributed by atoms with Crippen LogP contribution in [0.25, 0.3) is 0 Å². The molecule has 3 rings (SSSR count). The van der Waals surface area contributed by atoms with Crippen molar-refractivity contribution in [3.8, 4) is 0 Å². The molecule has 0 aliphatic carbocycles. The lowest BCUT2D eigenvalue weighted by Gasteiger charge is -2.20. The van der Waals surface area contributed by atoms with Crippen LogP contribution in [0.1, 0.15) is 18.1 Å². The van der Waals surface area contributed by atoms with Crippen molar-refractivity contribution in [1.82, 2.24) is 15.1 Å². The van der Waals surface area contributed by atoms with Crippen molar-refractivity contribution < 1.29 is 4.79 Å². The Bertz CT molecular complexity index is 881. The molecule has 3 aromatic rings. The first-order chi connectivity index (χ1) is 13.0. The summed E-state index contributed by atoms with van der Waals surface area (Å²) in [7, 11) is 1.83. The van der Waals surface area contributed by atoms with E-state index in [1.807, 2.05) is 68.6 Å². The molecule has 1 atom stereocenters. The lowest BCUT2D eigenvalue weighted by molar-refractivity contribution is -0.129. The highest BCUT2D eigenvalue weighted by Crippen LogP contribution is 2.31. The summed E-state index contributed by atoms with van der Waals surface area (Å²) in [6.07, 6.45) is 0. The molecule has 2 aromatic carbocycles. The van der Waals surface area contributed by atoms with E-state index in [4.69, 9.17) is 0 Å². The zero-order valence-electron chi connectivity index (χ0n) is 15.5. The Morgan fingerprint density at radius 3 is 2.56 bits per heavy atom. The number of thioether (sulfide) groups is 1. The lowest BCUT2D eigenvalue weighted by atomic mass is 10.2. The normalized spacial score (nSPS) is 11.8. The van der Waals surface area contributed by atoms with E-state index < -0.39 is 0 Å². The van der Waals surface area contributed by atoms with E-state index in [0.29, 0.717) is 6.54 Å². The van der Waals surface area contributed by atoms with Gasteiger partial charge in [-0.05, 0) is 31.5 Å². The summed E-state index contributed by atoms with van der Waals surface area (Å²) in [6.45, 7) is 4.56. The van der Waals surface area contributed by atoms with Crippen LogP contribution in [0, 0.1) is 6.92 Å². The molecular formula is C20H22N4OS2. The molecule has 1 heterocycles. The summed E-state index contributed by atoms with van der Waals surface area (Å²) in [5.74, 6) is 0.0760. The fraction of sp³-hybridized carbons (Fsp3) is 0.250. The number of anilines is 2. The van der Waals surface area contributed by atoms with Crippen LogP contribution in [0.3, 0.4) is 0 Å². The van der Waals surface area contributed by atoms with Crippen LogP contribution < -0.4 is 5.32 Å². The van der Waals surface area contributed by atoms with Crippen molar-refractivity contribution in [2.75, 3.05) is 12.4 Å². The minimum Gasteiger partial charge on any atom is -0.340 e. The minimum atomic E-state index is -0.223. The molecule has 5 nitrogen and oxygen atoms in total. The third kappa shape index (κ3) is 5.55. The third-order valence-corrected chi connectivity index (χ3v) is 5.98. The van der Waals surface area contributed by atoms with Crippen molar-refractivity contribution in [1.29, 1.82) is 0 Å². The van der Waals surface area contributed by atoms with Crippen LogP contribution in [0.2, 0.25) is 0 Å². The van der Waals surface area contributed by atoms with Gasteiger partial charge in [0.25, 0.3) is 0 Å². The molecule has 1 amide bonds. The van der Waals surface area contributed by atoms with Gasteiger partial charge < -0.3 is 10.2 Å². The van der Waals surface area contributed by atoms with E-state index >= 15 is 0 Å². The molecule has 7 heteroatoms. The fourth-order valence-electron chi connectivity index (χ4n) is 2.52. The van der Waals surface area contributed by atoms with Crippen LogP contribution >= 0.6 is 23.1 Å².